The first-order valence-electron chi connectivity index (χ1n) is 9.94. The fourth-order valence-corrected chi connectivity index (χ4v) is 8.72. The van der Waals surface area contributed by atoms with Crippen molar-refractivity contribution in [3.05, 3.63) is 35.2 Å². The molecule has 1 N–H and O–H groups in total. The molecule has 4 saturated carbocycles. The maximum Gasteiger partial charge on any atom is 0.226 e. The Balaban J connectivity index is 1.31. The summed E-state index contributed by atoms with van der Waals surface area (Å²) in [7, 11) is 0. The molecule has 0 saturated heterocycles. The summed E-state index contributed by atoms with van der Waals surface area (Å²) >= 11 is 5.62. The minimum atomic E-state index is 0.140. The van der Waals surface area contributed by atoms with E-state index >= 15 is 0 Å². The third-order valence-electron chi connectivity index (χ3n) is 6.74. The minimum absolute atomic E-state index is 0.140. The molecule has 0 aliphatic heterocycles. The molecule has 4 fully saturated rings. The van der Waals surface area contributed by atoms with Gasteiger partial charge in [-0.1, -0.05) is 46.3 Å². The summed E-state index contributed by atoms with van der Waals surface area (Å²) in [5, 5.41) is 3.84. The first kappa shape index (κ1) is 17.9. The van der Waals surface area contributed by atoms with Crippen molar-refractivity contribution in [2.24, 2.45) is 17.3 Å². The number of nitrogens with zero attached hydrogens (tertiary/aromatic N) is 1. The third kappa shape index (κ3) is 3.38. The Labute approximate surface area is 173 Å². The Morgan fingerprint density at radius 3 is 2.59 bits per heavy atom. The Hall–Kier alpha value is -1.20. The second-order valence-corrected chi connectivity index (χ2v) is 12.0. The number of hydrogen-bond donors (Lipinski definition) is 1. The van der Waals surface area contributed by atoms with Gasteiger partial charge in [0.15, 0.2) is 5.13 Å². The number of carbonyl (C=O) groups is 1. The van der Waals surface area contributed by atoms with Crippen molar-refractivity contribution in [3.8, 4) is 11.3 Å². The predicted molar refractivity (Wildman–Crippen MR) is 114 cm³/mol. The highest BCUT2D eigenvalue weighted by atomic mass is 79.9. The lowest BCUT2D eigenvalue weighted by atomic mass is 9.48. The highest BCUT2D eigenvalue weighted by molar-refractivity contribution is 9.10. The van der Waals surface area contributed by atoms with E-state index in [0.29, 0.717) is 10.7 Å². The summed E-state index contributed by atoms with van der Waals surface area (Å²) in [6, 6.07) is 10.2. The molecule has 27 heavy (non-hydrogen) atoms. The number of aryl methyl sites for hydroxylation is 1. The normalized spacial score (nSPS) is 34.0. The molecule has 0 radical (unpaired) electrons. The van der Waals surface area contributed by atoms with Gasteiger partial charge in [0, 0.05) is 21.2 Å². The average Bonchev–Trinajstić information content (AvgIpc) is 2.92. The van der Waals surface area contributed by atoms with E-state index in [1.807, 2.05) is 18.2 Å². The maximum absolute atomic E-state index is 12.9. The van der Waals surface area contributed by atoms with Crippen molar-refractivity contribution < 1.29 is 4.79 Å². The molecule has 4 aliphatic carbocycles. The van der Waals surface area contributed by atoms with Gasteiger partial charge in [0.25, 0.3) is 0 Å². The zero-order valence-electron chi connectivity index (χ0n) is 15.6. The van der Waals surface area contributed by atoms with E-state index in [2.05, 4.69) is 40.3 Å². The van der Waals surface area contributed by atoms with Crippen molar-refractivity contribution in [1.82, 2.24) is 4.98 Å². The summed E-state index contributed by atoms with van der Waals surface area (Å²) in [6.07, 6.45) is 8.26. The minimum Gasteiger partial charge on any atom is -0.302 e. The van der Waals surface area contributed by atoms with Crippen molar-refractivity contribution in [1.29, 1.82) is 0 Å². The van der Waals surface area contributed by atoms with Gasteiger partial charge in [-0.05, 0) is 62.7 Å². The van der Waals surface area contributed by atoms with Crippen LogP contribution in [-0.2, 0) is 4.79 Å². The van der Waals surface area contributed by atoms with Crippen LogP contribution in [0.15, 0.2) is 30.3 Å². The van der Waals surface area contributed by atoms with Gasteiger partial charge in [-0.3, -0.25) is 4.79 Å². The highest BCUT2D eigenvalue weighted by Gasteiger charge is 2.57. The topological polar surface area (TPSA) is 42.0 Å². The van der Waals surface area contributed by atoms with Crippen LogP contribution in [0.25, 0.3) is 11.3 Å². The largest absolute Gasteiger partial charge is 0.302 e. The number of halogens is 1. The lowest BCUT2D eigenvalue weighted by Gasteiger charge is -2.60. The van der Waals surface area contributed by atoms with Gasteiger partial charge in [-0.15, -0.1) is 11.3 Å². The molecule has 2 atom stereocenters. The molecular formula is C22H25BrN2OS. The summed E-state index contributed by atoms with van der Waals surface area (Å²) < 4.78 is 0.301. The fourth-order valence-electron chi connectivity index (χ4n) is 6.36. The molecule has 5 heteroatoms. The summed E-state index contributed by atoms with van der Waals surface area (Å²) in [5.41, 5.74) is 2.28. The lowest BCUT2D eigenvalue weighted by Crippen LogP contribution is -2.53. The molecule has 3 nitrogen and oxygen atoms in total. The van der Waals surface area contributed by atoms with Gasteiger partial charge in [-0.25, -0.2) is 4.98 Å². The van der Waals surface area contributed by atoms with E-state index < -0.39 is 0 Å². The van der Waals surface area contributed by atoms with Gasteiger partial charge in [-0.2, -0.15) is 0 Å². The number of carbonyl (C=O) groups excluding carboxylic acids is 1. The maximum atomic E-state index is 12.9. The molecular weight excluding hydrogens is 420 g/mol. The zero-order valence-corrected chi connectivity index (χ0v) is 18.0. The molecule has 142 valence electrons. The molecule has 1 amide bonds. The van der Waals surface area contributed by atoms with Crippen molar-refractivity contribution >= 4 is 38.3 Å². The van der Waals surface area contributed by atoms with Crippen LogP contribution in [-0.4, -0.2) is 15.2 Å². The van der Waals surface area contributed by atoms with Gasteiger partial charge in [0.05, 0.1) is 5.69 Å². The molecule has 6 rings (SSSR count). The molecule has 2 aromatic rings. The Bertz CT molecular complexity index is 864. The summed E-state index contributed by atoms with van der Waals surface area (Å²) in [4.78, 5) is 18.7. The van der Waals surface area contributed by atoms with Crippen LogP contribution < -0.4 is 5.32 Å². The smallest absolute Gasteiger partial charge is 0.226 e. The number of amides is 1. The monoisotopic (exact) mass is 444 g/mol. The molecule has 4 bridgehead atoms. The molecule has 1 aromatic carbocycles. The molecule has 1 aromatic heterocycles. The lowest BCUT2D eigenvalue weighted by molar-refractivity contribution is -0.123. The van der Waals surface area contributed by atoms with Crippen LogP contribution in [0, 0.1) is 24.2 Å². The van der Waals surface area contributed by atoms with Crippen LogP contribution in [0.1, 0.15) is 49.8 Å². The van der Waals surface area contributed by atoms with Crippen molar-refractivity contribution in [2.45, 2.75) is 56.2 Å². The molecule has 0 spiro atoms. The number of thiazole rings is 1. The van der Waals surface area contributed by atoms with Gasteiger partial charge >= 0.3 is 0 Å². The Morgan fingerprint density at radius 1 is 1.22 bits per heavy atom. The summed E-state index contributed by atoms with van der Waals surface area (Å²) in [5.74, 6) is 1.76. The second-order valence-electron chi connectivity index (χ2n) is 9.13. The van der Waals surface area contributed by atoms with E-state index in [0.717, 1.165) is 39.5 Å². The summed E-state index contributed by atoms with van der Waals surface area (Å²) in [6.45, 7) is 2.07. The van der Waals surface area contributed by atoms with E-state index in [9.17, 15) is 4.79 Å². The van der Waals surface area contributed by atoms with E-state index in [4.69, 9.17) is 4.98 Å². The first-order valence-corrected chi connectivity index (χ1v) is 11.5. The van der Waals surface area contributed by atoms with Crippen molar-refractivity contribution in [3.63, 3.8) is 0 Å². The van der Waals surface area contributed by atoms with E-state index in [-0.39, 0.29) is 11.3 Å². The van der Waals surface area contributed by atoms with Gasteiger partial charge in [0.1, 0.15) is 0 Å². The number of nitrogens with one attached hydrogen (secondary N) is 1. The van der Waals surface area contributed by atoms with E-state index in [1.54, 1.807) is 11.3 Å². The quantitative estimate of drug-likeness (QED) is 0.571. The number of alkyl halides is 1. The van der Waals surface area contributed by atoms with Crippen LogP contribution in [0.4, 0.5) is 5.13 Å². The third-order valence-corrected chi connectivity index (χ3v) is 8.55. The van der Waals surface area contributed by atoms with Crippen LogP contribution in [0.3, 0.4) is 0 Å². The fraction of sp³-hybridized carbons (Fsp3) is 0.545. The SMILES string of the molecule is Cc1sc(NC(=O)CC23C[C@H]4C[C@@H](CC(Br)(C4)C2)C3)nc1-c1ccccc1. The van der Waals surface area contributed by atoms with Gasteiger partial charge < -0.3 is 5.32 Å². The van der Waals surface area contributed by atoms with E-state index in [1.165, 1.54) is 32.1 Å². The predicted octanol–water partition coefficient (Wildman–Crippen LogP) is 6.18. The number of anilines is 1. The number of benzene rings is 1. The van der Waals surface area contributed by atoms with Crippen molar-refractivity contribution in [2.75, 3.05) is 5.32 Å². The Morgan fingerprint density at radius 2 is 1.93 bits per heavy atom. The van der Waals surface area contributed by atoms with Gasteiger partial charge in [0.2, 0.25) is 5.91 Å². The molecule has 0 unspecified atom stereocenters. The zero-order chi connectivity index (χ0) is 18.6. The standard InChI is InChI=1S/C22H25BrN2OS/c1-14-19(17-5-3-2-4-6-17)25-20(27-14)24-18(26)12-21-8-15-7-16(9-21)11-22(23,10-15)13-21/h2-6,15-16H,7-13H2,1H3,(H,24,25,26)/t15-,16-,21?,22?/m1/s1. The first-order chi connectivity index (χ1) is 12.9. The molecule has 1 heterocycles. The molecule has 4 aliphatic rings. The highest BCUT2D eigenvalue weighted by Crippen LogP contribution is 2.65. The average molecular weight is 445 g/mol. The second kappa shape index (κ2) is 6.41. The number of hydrogen-bond acceptors (Lipinski definition) is 3. The van der Waals surface area contributed by atoms with Crippen LogP contribution in [0.5, 0.6) is 0 Å². The van der Waals surface area contributed by atoms with Crippen LogP contribution >= 0.6 is 27.3 Å². The number of aromatic nitrogens is 1. The van der Waals surface area contributed by atoms with Crippen LogP contribution in [0.2, 0.25) is 0 Å². The Kier molecular flexibility index (Phi) is 4.24. The number of rotatable bonds is 4.